The Labute approximate surface area is 129 Å². The van der Waals surface area contributed by atoms with Crippen molar-refractivity contribution < 1.29 is 9.59 Å². The largest absolute Gasteiger partial charge is 0.337 e. The SMILES string of the molecule is CC(C)(C)N1CC(C(=O)Nc2n[nH]c3c2CNCC3)CC1=O. The van der Waals surface area contributed by atoms with Crippen LogP contribution in [0.4, 0.5) is 5.82 Å². The van der Waals surface area contributed by atoms with Crippen molar-refractivity contribution in [1.29, 1.82) is 0 Å². The second-order valence-electron chi connectivity index (χ2n) is 7.02. The minimum atomic E-state index is -0.310. The summed E-state index contributed by atoms with van der Waals surface area (Å²) in [5.74, 6) is 0.197. The van der Waals surface area contributed by atoms with Crippen molar-refractivity contribution in [2.45, 2.75) is 45.7 Å². The fraction of sp³-hybridized carbons (Fsp3) is 0.667. The number of amides is 2. The van der Waals surface area contributed by atoms with E-state index in [1.807, 2.05) is 20.8 Å². The maximum Gasteiger partial charge on any atom is 0.231 e. The molecule has 1 saturated heterocycles. The van der Waals surface area contributed by atoms with Gasteiger partial charge in [-0.05, 0) is 20.8 Å². The first-order chi connectivity index (χ1) is 10.4. The van der Waals surface area contributed by atoms with Gasteiger partial charge in [0.1, 0.15) is 0 Å². The van der Waals surface area contributed by atoms with Crippen molar-refractivity contribution in [2.24, 2.45) is 5.92 Å². The molecule has 1 aromatic heterocycles. The van der Waals surface area contributed by atoms with E-state index in [9.17, 15) is 9.59 Å². The minimum Gasteiger partial charge on any atom is -0.337 e. The maximum absolute atomic E-state index is 12.5. The summed E-state index contributed by atoms with van der Waals surface area (Å²) in [6, 6.07) is 0. The summed E-state index contributed by atoms with van der Waals surface area (Å²) in [4.78, 5) is 26.3. The zero-order chi connectivity index (χ0) is 15.9. The molecule has 0 spiro atoms. The molecule has 0 aliphatic carbocycles. The smallest absolute Gasteiger partial charge is 0.231 e. The monoisotopic (exact) mass is 305 g/mol. The number of fused-ring (bicyclic) bond motifs is 1. The van der Waals surface area contributed by atoms with Gasteiger partial charge in [0.25, 0.3) is 0 Å². The zero-order valence-corrected chi connectivity index (χ0v) is 13.3. The van der Waals surface area contributed by atoms with Crippen LogP contribution in [0.2, 0.25) is 0 Å². The average Bonchev–Trinajstić information content (AvgIpc) is 3.03. The molecule has 7 nitrogen and oxygen atoms in total. The number of hydrogen-bond donors (Lipinski definition) is 3. The molecule has 1 atom stereocenters. The molecular weight excluding hydrogens is 282 g/mol. The van der Waals surface area contributed by atoms with Gasteiger partial charge >= 0.3 is 0 Å². The molecule has 3 heterocycles. The van der Waals surface area contributed by atoms with E-state index in [2.05, 4.69) is 20.8 Å². The lowest BCUT2D eigenvalue weighted by Gasteiger charge is -2.31. The number of aromatic nitrogens is 2. The Morgan fingerprint density at radius 1 is 1.41 bits per heavy atom. The Kier molecular flexibility index (Phi) is 3.68. The standard InChI is InChI=1S/C15H23N5O2/c1-15(2,3)20-8-9(6-12(20)21)14(22)17-13-10-7-16-5-4-11(10)18-19-13/h9,16H,4-8H2,1-3H3,(H2,17,18,19,22). The van der Waals surface area contributed by atoms with Crippen LogP contribution in [0.1, 0.15) is 38.4 Å². The molecule has 2 aliphatic rings. The van der Waals surface area contributed by atoms with Gasteiger partial charge in [0.2, 0.25) is 11.8 Å². The highest BCUT2D eigenvalue weighted by Crippen LogP contribution is 2.27. The molecule has 1 unspecified atom stereocenters. The van der Waals surface area contributed by atoms with Gasteiger partial charge in [0.05, 0.1) is 5.92 Å². The predicted octanol–water partition coefficient (Wildman–Crippen LogP) is 0.641. The second kappa shape index (κ2) is 5.39. The molecule has 2 amide bonds. The Hall–Kier alpha value is -1.89. The van der Waals surface area contributed by atoms with Crippen LogP contribution >= 0.6 is 0 Å². The molecule has 7 heteroatoms. The molecule has 3 rings (SSSR count). The molecule has 3 N–H and O–H groups in total. The van der Waals surface area contributed by atoms with Gasteiger partial charge in [0, 0.05) is 49.3 Å². The normalized spacial score (nSPS) is 21.9. The molecule has 1 aromatic rings. The van der Waals surface area contributed by atoms with Gasteiger partial charge in [-0.1, -0.05) is 0 Å². The van der Waals surface area contributed by atoms with E-state index in [0.29, 0.717) is 18.9 Å². The summed E-state index contributed by atoms with van der Waals surface area (Å²) in [6.45, 7) is 8.06. The molecular formula is C15H23N5O2. The number of nitrogens with zero attached hydrogens (tertiary/aromatic N) is 2. The summed E-state index contributed by atoms with van der Waals surface area (Å²) in [5.41, 5.74) is 1.85. The average molecular weight is 305 g/mol. The fourth-order valence-electron chi connectivity index (χ4n) is 3.08. The van der Waals surface area contributed by atoms with Crippen molar-refractivity contribution in [1.82, 2.24) is 20.4 Å². The van der Waals surface area contributed by atoms with Gasteiger partial charge in [-0.2, -0.15) is 5.10 Å². The first-order valence-electron chi connectivity index (χ1n) is 7.74. The summed E-state index contributed by atoms with van der Waals surface area (Å²) >= 11 is 0. The van der Waals surface area contributed by atoms with Gasteiger partial charge in [-0.25, -0.2) is 0 Å². The molecule has 0 aromatic carbocycles. The van der Waals surface area contributed by atoms with E-state index < -0.39 is 0 Å². The Morgan fingerprint density at radius 3 is 2.86 bits per heavy atom. The Bertz CT molecular complexity index is 602. The first kappa shape index (κ1) is 15.0. The lowest BCUT2D eigenvalue weighted by atomic mass is 10.1. The molecule has 0 saturated carbocycles. The van der Waals surface area contributed by atoms with Gasteiger partial charge < -0.3 is 15.5 Å². The van der Waals surface area contributed by atoms with Crippen LogP contribution in [0.15, 0.2) is 0 Å². The number of rotatable bonds is 2. The first-order valence-corrected chi connectivity index (χ1v) is 7.74. The third kappa shape index (κ3) is 2.72. The lowest BCUT2D eigenvalue weighted by molar-refractivity contribution is -0.131. The number of H-pyrrole nitrogens is 1. The highest BCUT2D eigenvalue weighted by atomic mass is 16.2. The van der Waals surface area contributed by atoms with Crippen LogP contribution in [0.5, 0.6) is 0 Å². The Balaban J connectivity index is 1.68. The fourth-order valence-corrected chi connectivity index (χ4v) is 3.08. The lowest BCUT2D eigenvalue weighted by Crippen LogP contribution is -2.42. The van der Waals surface area contributed by atoms with Crippen LogP contribution < -0.4 is 10.6 Å². The molecule has 22 heavy (non-hydrogen) atoms. The van der Waals surface area contributed by atoms with Crippen LogP contribution in [-0.2, 0) is 22.6 Å². The summed E-state index contributed by atoms with van der Waals surface area (Å²) in [6.07, 6.45) is 1.16. The number of likely N-dealkylation sites (tertiary alicyclic amines) is 1. The number of aromatic amines is 1. The quantitative estimate of drug-likeness (QED) is 0.748. The number of anilines is 1. The topological polar surface area (TPSA) is 90.1 Å². The number of hydrogen-bond acceptors (Lipinski definition) is 4. The van der Waals surface area contributed by atoms with Crippen LogP contribution in [-0.4, -0.2) is 45.5 Å². The summed E-state index contributed by atoms with van der Waals surface area (Å²) in [5, 5.41) is 13.3. The summed E-state index contributed by atoms with van der Waals surface area (Å²) < 4.78 is 0. The van der Waals surface area contributed by atoms with E-state index in [-0.39, 0.29) is 29.7 Å². The van der Waals surface area contributed by atoms with E-state index in [1.54, 1.807) is 4.90 Å². The number of carbonyl (C=O) groups is 2. The van der Waals surface area contributed by atoms with Gasteiger partial charge in [-0.3, -0.25) is 14.7 Å². The maximum atomic E-state index is 12.5. The minimum absolute atomic E-state index is 0.0402. The van der Waals surface area contributed by atoms with Crippen molar-refractivity contribution in [3.05, 3.63) is 11.3 Å². The van der Waals surface area contributed by atoms with Crippen LogP contribution in [0, 0.1) is 5.92 Å². The summed E-state index contributed by atoms with van der Waals surface area (Å²) in [7, 11) is 0. The van der Waals surface area contributed by atoms with Crippen molar-refractivity contribution in [3.63, 3.8) is 0 Å². The van der Waals surface area contributed by atoms with E-state index in [0.717, 1.165) is 24.2 Å². The van der Waals surface area contributed by atoms with Crippen LogP contribution in [0.25, 0.3) is 0 Å². The molecule has 0 radical (unpaired) electrons. The van der Waals surface area contributed by atoms with Crippen LogP contribution in [0.3, 0.4) is 0 Å². The van der Waals surface area contributed by atoms with E-state index in [1.165, 1.54) is 0 Å². The number of nitrogens with one attached hydrogen (secondary N) is 3. The molecule has 2 aliphatic heterocycles. The molecule has 1 fully saturated rings. The van der Waals surface area contributed by atoms with Gasteiger partial charge in [-0.15, -0.1) is 0 Å². The molecule has 120 valence electrons. The van der Waals surface area contributed by atoms with E-state index >= 15 is 0 Å². The van der Waals surface area contributed by atoms with Crippen molar-refractivity contribution in [3.8, 4) is 0 Å². The number of carbonyl (C=O) groups excluding carboxylic acids is 2. The highest BCUT2D eigenvalue weighted by Gasteiger charge is 2.39. The van der Waals surface area contributed by atoms with E-state index in [4.69, 9.17) is 0 Å². The predicted molar refractivity (Wildman–Crippen MR) is 82.2 cm³/mol. The van der Waals surface area contributed by atoms with Gasteiger partial charge in [0.15, 0.2) is 5.82 Å². The highest BCUT2D eigenvalue weighted by molar-refractivity contribution is 5.97. The third-order valence-electron chi connectivity index (χ3n) is 4.35. The second-order valence-corrected chi connectivity index (χ2v) is 7.02. The Morgan fingerprint density at radius 2 is 2.18 bits per heavy atom. The molecule has 0 bridgehead atoms. The van der Waals surface area contributed by atoms with Crippen molar-refractivity contribution >= 4 is 17.6 Å². The third-order valence-corrected chi connectivity index (χ3v) is 4.35. The van der Waals surface area contributed by atoms with Crippen molar-refractivity contribution in [2.75, 3.05) is 18.4 Å². The zero-order valence-electron chi connectivity index (χ0n) is 13.3.